The van der Waals surface area contributed by atoms with Gasteiger partial charge in [-0.25, -0.2) is 0 Å². The van der Waals surface area contributed by atoms with Gasteiger partial charge in [0.2, 0.25) is 5.91 Å². The molecule has 0 aliphatic carbocycles. The Morgan fingerprint density at radius 2 is 2.13 bits per heavy atom. The fraction of sp³-hybridized carbons (Fsp3) is 0.588. The van der Waals surface area contributed by atoms with Crippen LogP contribution in [0, 0.1) is 5.41 Å². The summed E-state index contributed by atoms with van der Waals surface area (Å²) in [5.41, 5.74) is 0.986. The van der Waals surface area contributed by atoms with Crippen LogP contribution >= 0.6 is 24.0 Å². The maximum absolute atomic E-state index is 12.4. The van der Waals surface area contributed by atoms with E-state index in [1.807, 2.05) is 31.2 Å². The lowest BCUT2D eigenvalue weighted by Gasteiger charge is -2.37. The molecule has 1 aliphatic heterocycles. The molecule has 1 aromatic rings. The molecule has 1 fully saturated rings. The Bertz CT molecular complexity index is 500. The Morgan fingerprint density at radius 3 is 2.74 bits per heavy atom. The Morgan fingerprint density at radius 1 is 1.43 bits per heavy atom. The zero-order valence-corrected chi connectivity index (χ0v) is 15.3. The van der Waals surface area contributed by atoms with Gasteiger partial charge >= 0.3 is 0 Å². The number of carbonyl (C=O) groups excluding carboxylic acids is 1. The van der Waals surface area contributed by atoms with Crippen LogP contribution in [-0.2, 0) is 9.53 Å². The average Bonchev–Trinajstić information content (AvgIpc) is 2.53. The lowest BCUT2D eigenvalue weighted by molar-refractivity contribution is -0.123. The van der Waals surface area contributed by atoms with Crippen LogP contribution in [-0.4, -0.2) is 39.3 Å². The molecular formula is C17H26Cl2N2O2. The zero-order valence-electron chi connectivity index (χ0n) is 13.7. The van der Waals surface area contributed by atoms with Crippen molar-refractivity contribution in [1.82, 2.24) is 10.6 Å². The van der Waals surface area contributed by atoms with Crippen molar-refractivity contribution in [2.24, 2.45) is 5.41 Å². The first-order valence-electron chi connectivity index (χ1n) is 7.79. The highest BCUT2D eigenvalue weighted by Crippen LogP contribution is 2.28. The summed E-state index contributed by atoms with van der Waals surface area (Å²) < 4.78 is 5.38. The van der Waals surface area contributed by atoms with Gasteiger partial charge in [0.15, 0.2) is 0 Å². The van der Waals surface area contributed by atoms with Gasteiger partial charge in [-0.3, -0.25) is 4.79 Å². The third-order valence-electron chi connectivity index (χ3n) is 4.49. The van der Waals surface area contributed by atoms with Crippen LogP contribution in [0.15, 0.2) is 24.3 Å². The number of hydrogen-bond acceptors (Lipinski definition) is 3. The molecule has 4 nitrogen and oxygen atoms in total. The van der Waals surface area contributed by atoms with Gasteiger partial charge in [-0.05, 0) is 50.6 Å². The van der Waals surface area contributed by atoms with Crippen molar-refractivity contribution in [1.29, 1.82) is 0 Å². The molecule has 2 rings (SSSR count). The maximum Gasteiger partial charge on any atom is 0.227 e. The van der Waals surface area contributed by atoms with Crippen LogP contribution in [0.2, 0.25) is 5.02 Å². The van der Waals surface area contributed by atoms with Crippen molar-refractivity contribution in [2.45, 2.75) is 25.7 Å². The Labute approximate surface area is 149 Å². The van der Waals surface area contributed by atoms with E-state index < -0.39 is 0 Å². The summed E-state index contributed by atoms with van der Waals surface area (Å²) in [5.74, 6) is -0.170. The van der Waals surface area contributed by atoms with E-state index in [-0.39, 0.29) is 29.6 Å². The minimum atomic E-state index is -0.208. The SMILES string of the molecule is COCC1(CNC(=O)C(C)c2cccc(Cl)c2)CCNCC1.Cl. The van der Waals surface area contributed by atoms with Crippen molar-refractivity contribution >= 4 is 29.9 Å². The van der Waals surface area contributed by atoms with Crippen molar-refractivity contribution in [3.63, 3.8) is 0 Å². The minimum absolute atomic E-state index is 0. The largest absolute Gasteiger partial charge is 0.384 e. The van der Waals surface area contributed by atoms with E-state index in [1.54, 1.807) is 7.11 Å². The second kappa shape index (κ2) is 9.48. The third kappa shape index (κ3) is 5.64. The highest BCUT2D eigenvalue weighted by Gasteiger charge is 2.33. The zero-order chi connectivity index (χ0) is 16.0. The summed E-state index contributed by atoms with van der Waals surface area (Å²) in [6.45, 7) is 5.20. The normalized spacial score (nSPS) is 17.9. The lowest BCUT2D eigenvalue weighted by atomic mass is 9.79. The highest BCUT2D eigenvalue weighted by molar-refractivity contribution is 6.30. The summed E-state index contributed by atoms with van der Waals surface area (Å²) in [7, 11) is 1.72. The first kappa shape index (κ1) is 20.2. The monoisotopic (exact) mass is 360 g/mol. The first-order chi connectivity index (χ1) is 10.6. The van der Waals surface area contributed by atoms with Crippen LogP contribution in [0.1, 0.15) is 31.2 Å². The van der Waals surface area contributed by atoms with Crippen LogP contribution in [0.3, 0.4) is 0 Å². The number of ether oxygens (including phenoxy) is 1. The van der Waals surface area contributed by atoms with Crippen molar-refractivity contribution in [2.75, 3.05) is 33.4 Å². The Kier molecular flexibility index (Phi) is 8.34. The smallest absolute Gasteiger partial charge is 0.227 e. The number of piperidine rings is 1. The molecule has 0 aromatic heterocycles. The summed E-state index contributed by atoms with van der Waals surface area (Å²) in [6.07, 6.45) is 2.04. The molecule has 0 bridgehead atoms. The maximum atomic E-state index is 12.4. The fourth-order valence-electron chi connectivity index (χ4n) is 2.99. The molecule has 1 aromatic carbocycles. The highest BCUT2D eigenvalue weighted by atomic mass is 35.5. The number of benzene rings is 1. The van der Waals surface area contributed by atoms with Crippen LogP contribution in [0.5, 0.6) is 0 Å². The van der Waals surface area contributed by atoms with Gasteiger partial charge in [-0.2, -0.15) is 0 Å². The van der Waals surface area contributed by atoms with Crippen molar-refractivity contribution in [3.8, 4) is 0 Å². The summed E-state index contributed by atoms with van der Waals surface area (Å²) in [6, 6.07) is 7.48. The molecular weight excluding hydrogens is 335 g/mol. The molecule has 0 radical (unpaired) electrons. The summed E-state index contributed by atoms with van der Waals surface area (Å²) >= 11 is 6.00. The first-order valence-corrected chi connectivity index (χ1v) is 8.17. The van der Waals surface area contributed by atoms with Crippen LogP contribution < -0.4 is 10.6 Å². The predicted octanol–water partition coefficient (Wildman–Crippen LogP) is 3.00. The van der Waals surface area contributed by atoms with E-state index in [1.165, 1.54) is 0 Å². The summed E-state index contributed by atoms with van der Waals surface area (Å²) in [4.78, 5) is 12.4. The van der Waals surface area contributed by atoms with Gasteiger partial charge in [-0.15, -0.1) is 12.4 Å². The van der Waals surface area contributed by atoms with E-state index in [0.29, 0.717) is 18.2 Å². The third-order valence-corrected chi connectivity index (χ3v) is 4.73. The molecule has 0 spiro atoms. The lowest BCUT2D eigenvalue weighted by Crippen LogP contribution is -2.47. The van der Waals surface area contributed by atoms with Gasteiger partial charge in [0.05, 0.1) is 12.5 Å². The average molecular weight is 361 g/mol. The number of halogens is 2. The van der Waals surface area contributed by atoms with E-state index in [9.17, 15) is 4.79 Å². The minimum Gasteiger partial charge on any atom is -0.384 e. The van der Waals surface area contributed by atoms with Gasteiger partial charge < -0.3 is 15.4 Å². The Balaban J connectivity index is 0.00000264. The topological polar surface area (TPSA) is 50.4 Å². The molecule has 1 atom stereocenters. The molecule has 23 heavy (non-hydrogen) atoms. The van der Waals surface area contributed by atoms with Gasteiger partial charge in [0, 0.05) is 24.1 Å². The number of amides is 1. The molecule has 6 heteroatoms. The number of nitrogens with one attached hydrogen (secondary N) is 2. The van der Waals surface area contributed by atoms with Crippen LogP contribution in [0.4, 0.5) is 0 Å². The predicted molar refractivity (Wildman–Crippen MR) is 96.5 cm³/mol. The molecule has 1 amide bonds. The van der Waals surface area contributed by atoms with Crippen molar-refractivity contribution in [3.05, 3.63) is 34.9 Å². The fourth-order valence-corrected chi connectivity index (χ4v) is 3.19. The molecule has 130 valence electrons. The van der Waals surface area contributed by atoms with E-state index in [0.717, 1.165) is 31.5 Å². The molecule has 1 unspecified atom stereocenters. The van der Waals surface area contributed by atoms with Gasteiger partial charge in [0.1, 0.15) is 0 Å². The molecule has 1 saturated heterocycles. The molecule has 1 aliphatic rings. The number of hydrogen-bond donors (Lipinski definition) is 2. The standard InChI is InChI=1S/C17H25ClN2O2.ClH/c1-13(14-4-3-5-15(18)10-14)16(21)20-11-17(12-22-2)6-8-19-9-7-17;/h3-5,10,13,19H,6-9,11-12H2,1-2H3,(H,20,21);1H. The van der Waals surface area contributed by atoms with Gasteiger partial charge in [0.25, 0.3) is 0 Å². The van der Waals surface area contributed by atoms with Crippen LogP contribution in [0.25, 0.3) is 0 Å². The quantitative estimate of drug-likeness (QED) is 0.819. The Hall–Kier alpha value is -0.810. The number of carbonyl (C=O) groups is 1. The second-order valence-corrected chi connectivity index (χ2v) is 6.61. The summed E-state index contributed by atoms with van der Waals surface area (Å²) in [5, 5.41) is 7.12. The number of rotatable bonds is 6. The molecule has 0 saturated carbocycles. The van der Waals surface area contributed by atoms with E-state index in [4.69, 9.17) is 16.3 Å². The van der Waals surface area contributed by atoms with E-state index in [2.05, 4.69) is 10.6 Å². The van der Waals surface area contributed by atoms with Crippen molar-refractivity contribution < 1.29 is 9.53 Å². The van der Waals surface area contributed by atoms with Gasteiger partial charge in [-0.1, -0.05) is 23.7 Å². The number of methoxy groups -OCH3 is 1. The second-order valence-electron chi connectivity index (χ2n) is 6.18. The molecule has 1 heterocycles. The van der Waals surface area contributed by atoms with E-state index >= 15 is 0 Å². The molecule has 2 N–H and O–H groups in total.